The number of allylic oxidation sites excluding steroid dienone is 3. The summed E-state index contributed by atoms with van der Waals surface area (Å²) in [4.78, 5) is 27.7. The summed E-state index contributed by atoms with van der Waals surface area (Å²) in [7, 11) is 0. The van der Waals surface area contributed by atoms with Gasteiger partial charge in [0.25, 0.3) is 11.8 Å². The Morgan fingerprint density at radius 2 is 1.28 bits per heavy atom. The Balaban J connectivity index is 1.87. The van der Waals surface area contributed by atoms with E-state index in [1.54, 1.807) is 6.08 Å². The molecule has 4 heteroatoms. The van der Waals surface area contributed by atoms with E-state index >= 15 is 0 Å². The molecule has 0 atom stereocenters. The lowest BCUT2D eigenvalue weighted by atomic mass is 9.79. The van der Waals surface area contributed by atoms with Crippen LogP contribution in [0, 0.1) is 5.41 Å². The molecule has 1 fully saturated rings. The average molecular weight is 431 g/mol. The molecule has 2 aromatic rings. The van der Waals surface area contributed by atoms with Gasteiger partial charge in [0.2, 0.25) is 0 Å². The molecular formula is C28H34N2O2. The molecule has 168 valence electrons. The molecule has 0 aliphatic carbocycles. The molecule has 2 aromatic carbocycles. The van der Waals surface area contributed by atoms with Crippen LogP contribution in [0.3, 0.4) is 0 Å². The summed E-state index contributed by atoms with van der Waals surface area (Å²) in [6, 6.07) is 18.7. The lowest BCUT2D eigenvalue weighted by Crippen LogP contribution is -2.41. The van der Waals surface area contributed by atoms with Gasteiger partial charge in [-0.2, -0.15) is 0 Å². The second-order valence-corrected chi connectivity index (χ2v) is 8.36. The number of benzene rings is 2. The third-order valence-corrected chi connectivity index (χ3v) is 6.01. The smallest absolute Gasteiger partial charge is 0.262 e. The third-order valence-electron chi connectivity index (χ3n) is 6.01. The second-order valence-electron chi connectivity index (χ2n) is 8.36. The quantitative estimate of drug-likeness (QED) is 0.210. The zero-order chi connectivity index (χ0) is 22.8. The van der Waals surface area contributed by atoms with Crippen molar-refractivity contribution >= 4 is 23.2 Å². The number of amides is 2. The molecule has 1 heterocycles. The first-order valence-electron chi connectivity index (χ1n) is 11.7. The molecule has 2 amide bonds. The summed E-state index contributed by atoms with van der Waals surface area (Å²) in [5.74, 6) is -0.407. The van der Waals surface area contributed by atoms with E-state index in [0.717, 1.165) is 12.8 Å². The first-order valence-corrected chi connectivity index (χ1v) is 11.7. The van der Waals surface area contributed by atoms with Gasteiger partial charge >= 0.3 is 0 Å². The number of hydrogen-bond donors (Lipinski definition) is 0. The number of carbonyl (C=O) groups excluding carboxylic acids is 2. The van der Waals surface area contributed by atoms with Gasteiger partial charge in [-0.3, -0.25) is 9.59 Å². The molecular weight excluding hydrogens is 396 g/mol. The van der Waals surface area contributed by atoms with Crippen molar-refractivity contribution in [3.8, 4) is 0 Å². The largest absolute Gasteiger partial charge is 0.271 e. The summed E-state index contributed by atoms with van der Waals surface area (Å²) in [5, 5.41) is 3.06. The molecule has 0 spiro atoms. The van der Waals surface area contributed by atoms with Crippen molar-refractivity contribution in [2.24, 2.45) is 5.41 Å². The first-order chi connectivity index (χ1) is 15.7. The highest BCUT2D eigenvalue weighted by Crippen LogP contribution is 2.43. The summed E-state index contributed by atoms with van der Waals surface area (Å²) in [6.07, 6.45) is 13.6. The molecule has 0 bridgehead atoms. The maximum atomic E-state index is 13.8. The number of nitrogens with zero attached hydrogens (tertiary/aromatic N) is 2. The van der Waals surface area contributed by atoms with E-state index < -0.39 is 5.41 Å². The van der Waals surface area contributed by atoms with Crippen LogP contribution in [0.15, 0.2) is 85.5 Å². The minimum atomic E-state index is -1.17. The van der Waals surface area contributed by atoms with Gasteiger partial charge < -0.3 is 0 Å². The van der Waals surface area contributed by atoms with E-state index in [4.69, 9.17) is 0 Å². The fraction of sp³-hybridized carbons (Fsp3) is 0.357. The van der Waals surface area contributed by atoms with Crippen LogP contribution in [0.4, 0.5) is 11.4 Å². The van der Waals surface area contributed by atoms with Crippen molar-refractivity contribution in [2.75, 3.05) is 10.0 Å². The predicted molar refractivity (Wildman–Crippen MR) is 132 cm³/mol. The van der Waals surface area contributed by atoms with Crippen LogP contribution < -0.4 is 10.0 Å². The number of hydrazine groups is 1. The standard InChI is InChI=1S/C28H34N2O2/c1-3-5-6-7-8-9-10-17-23-28(22-4-2)26(31)29(24-18-13-11-14-19-24)30(27(28)32)25-20-15-12-16-21-25/h4,10-21H,2-3,5-9,22-23H2,1H3. The van der Waals surface area contributed by atoms with Crippen molar-refractivity contribution in [1.29, 1.82) is 0 Å². The fourth-order valence-corrected chi connectivity index (χ4v) is 4.23. The third kappa shape index (κ3) is 5.01. The van der Waals surface area contributed by atoms with Crippen molar-refractivity contribution in [3.05, 3.63) is 85.5 Å². The number of unbranched alkanes of at least 4 members (excludes halogenated alkanes) is 5. The lowest BCUT2D eigenvalue weighted by Gasteiger charge is -2.27. The van der Waals surface area contributed by atoms with Crippen LogP contribution in [-0.4, -0.2) is 11.8 Å². The number of rotatable bonds is 12. The highest BCUT2D eigenvalue weighted by atomic mass is 16.2. The van der Waals surface area contributed by atoms with Crippen LogP contribution in [-0.2, 0) is 9.59 Å². The Morgan fingerprint density at radius 1 is 0.750 bits per heavy atom. The zero-order valence-corrected chi connectivity index (χ0v) is 19.1. The van der Waals surface area contributed by atoms with Gasteiger partial charge in [0, 0.05) is 0 Å². The highest BCUT2D eigenvalue weighted by Gasteiger charge is 2.57. The summed E-state index contributed by atoms with van der Waals surface area (Å²) in [6.45, 7) is 6.07. The monoisotopic (exact) mass is 430 g/mol. The summed E-state index contributed by atoms with van der Waals surface area (Å²) < 4.78 is 0. The number of para-hydroxylation sites is 2. The number of anilines is 2. The van der Waals surface area contributed by atoms with Crippen molar-refractivity contribution < 1.29 is 9.59 Å². The summed E-state index contributed by atoms with van der Waals surface area (Å²) in [5.41, 5.74) is 0.188. The Morgan fingerprint density at radius 3 is 1.78 bits per heavy atom. The molecule has 1 aliphatic heterocycles. The predicted octanol–water partition coefficient (Wildman–Crippen LogP) is 6.85. The van der Waals surface area contributed by atoms with Crippen LogP contribution in [0.1, 0.15) is 58.3 Å². The molecule has 0 saturated carbocycles. The van der Waals surface area contributed by atoms with E-state index in [0.29, 0.717) is 24.2 Å². The Kier molecular flexibility index (Phi) is 8.43. The van der Waals surface area contributed by atoms with E-state index in [2.05, 4.69) is 19.6 Å². The minimum absolute atomic E-state index is 0.204. The zero-order valence-electron chi connectivity index (χ0n) is 19.1. The number of hydrogen-bond acceptors (Lipinski definition) is 2. The van der Waals surface area contributed by atoms with Gasteiger partial charge in [0.1, 0.15) is 5.41 Å². The molecule has 0 aromatic heterocycles. The highest BCUT2D eigenvalue weighted by molar-refractivity contribution is 6.26. The topological polar surface area (TPSA) is 40.6 Å². The average Bonchev–Trinajstić information content (AvgIpc) is 3.04. The maximum Gasteiger partial charge on any atom is 0.262 e. The fourth-order valence-electron chi connectivity index (χ4n) is 4.23. The van der Waals surface area contributed by atoms with E-state index in [1.807, 2.05) is 66.7 Å². The molecule has 4 nitrogen and oxygen atoms in total. The second kappa shape index (κ2) is 11.5. The normalized spacial score (nSPS) is 15.7. The maximum absolute atomic E-state index is 13.8. The molecule has 0 radical (unpaired) electrons. The van der Waals surface area contributed by atoms with Gasteiger partial charge in [0.05, 0.1) is 11.4 Å². The van der Waals surface area contributed by atoms with Crippen LogP contribution >= 0.6 is 0 Å². The van der Waals surface area contributed by atoms with E-state index in [9.17, 15) is 9.59 Å². The van der Waals surface area contributed by atoms with Crippen molar-refractivity contribution in [2.45, 2.75) is 58.3 Å². The van der Waals surface area contributed by atoms with Gasteiger partial charge in [-0.05, 0) is 49.9 Å². The van der Waals surface area contributed by atoms with Crippen LogP contribution in [0.2, 0.25) is 0 Å². The molecule has 32 heavy (non-hydrogen) atoms. The van der Waals surface area contributed by atoms with E-state index in [-0.39, 0.29) is 11.8 Å². The van der Waals surface area contributed by atoms with Crippen molar-refractivity contribution in [3.63, 3.8) is 0 Å². The van der Waals surface area contributed by atoms with Crippen LogP contribution in [0.5, 0.6) is 0 Å². The van der Waals surface area contributed by atoms with Gasteiger partial charge in [-0.15, -0.1) is 6.58 Å². The SMILES string of the molecule is C=CCC1(CC=CCCCCCCC)C(=O)N(c2ccccc2)N(c2ccccc2)C1=O. The molecule has 1 aliphatic rings. The Labute approximate surface area is 192 Å². The molecule has 1 saturated heterocycles. The van der Waals surface area contributed by atoms with Gasteiger partial charge in [0.15, 0.2) is 0 Å². The first kappa shape index (κ1) is 23.5. The summed E-state index contributed by atoms with van der Waals surface area (Å²) >= 11 is 0. The Bertz CT molecular complexity index is 863. The molecule has 0 unspecified atom stereocenters. The molecule has 0 N–H and O–H groups in total. The number of carbonyl (C=O) groups is 2. The van der Waals surface area contributed by atoms with Gasteiger partial charge in [-0.1, -0.05) is 87.2 Å². The Hall–Kier alpha value is -3.14. The minimum Gasteiger partial charge on any atom is -0.271 e. The van der Waals surface area contributed by atoms with E-state index in [1.165, 1.54) is 35.7 Å². The van der Waals surface area contributed by atoms with Crippen molar-refractivity contribution in [1.82, 2.24) is 0 Å². The molecule has 3 rings (SSSR count). The van der Waals surface area contributed by atoms with Gasteiger partial charge in [-0.25, -0.2) is 10.0 Å². The lowest BCUT2D eigenvalue weighted by molar-refractivity contribution is -0.134. The van der Waals surface area contributed by atoms with Crippen LogP contribution in [0.25, 0.3) is 0 Å².